The maximum absolute atomic E-state index is 11.9. The molecule has 1 heterocycles. The van der Waals surface area contributed by atoms with Gasteiger partial charge in [0.1, 0.15) is 0 Å². The molecule has 1 unspecified atom stereocenters. The van der Waals surface area contributed by atoms with Crippen molar-refractivity contribution in [2.45, 2.75) is 26.9 Å². The average Bonchev–Trinajstić information content (AvgIpc) is 2.40. The Labute approximate surface area is 123 Å². The lowest BCUT2D eigenvalue weighted by Gasteiger charge is -2.19. The molecule has 0 radical (unpaired) electrons. The molecule has 1 aromatic heterocycles. The second-order valence-corrected chi connectivity index (χ2v) is 4.97. The van der Waals surface area contributed by atoms with Crippen LogP contribution in [-0.4, -0.2) is 51.9 Å². The number of carboxylic acids is 1. The highest BCUT2D eigenvalue weighted by atomic mass is 16.5. The van der Waals surface area contributed by atoms with Crippen LogP contribution in [0.5, 0.6) is 5.88 Å². The molecule has 2 amide bonds. The normalized spacial score (nSPS) is 11.9. The number of amides is 2. The summed E-state index contributed by atoms with van der Waals surface area (Å²) in [6, 6.07) is 2.72. The molecule has 0 saturated carbocycles. The standard InChI is InChI=1S/C13H20N4O4/c1-8(2)21-11-6-5-10(15-16-11)14-13(20)17(4)7-9(3)12(18)19/h5-6,8-9H,7H2,1-4H3,(H,18,19)(H,14,15,20). The second-order valence-electron chi connectivity index (χ2n) is 4.97. The van der Waals surface area contributed by atoms with Crippen LogP contribution in [0, 0.1) is 5.92 Å². The van der Waals surface area contributed by atoms with Gasteiger partial charge in [0.15, 0.2) is 5.82 Å². The topological polar surface area (TPSA) is 105 Å². The van der Waals surface area contributed by atoms with Gasteiger partial charge in [0, 0.05) is 19.7 Å². The van der Waals surface area contributed by atoms with E-state index in [4.69, 9.17) is 9.84 Å². The van der Waals surface area contributed by atoms with Crippen molar-refractivity contribution < 1.29 is 19.4 Å². The fraction of sp³-hybridized carbons (Fsp3) is 0.538. The van der Waals surface area contributed by atoms with Gasteiger partial charge in [-0.15, -0.1) is 10.2 Å². The SMILES string of the molecule is CC(C)Oc1ccc(NC(=O)N(C)CC(C)C(=O)O)nn1. The Kier molecular flexibility index (Phi) is 5.89. The van der Waals surface area contributed by atoms with E-state index >= 15 is 0 Å². The number of nitrogens with one attached hydrogen (secondary N) is 1. The first-order valence-electron chi connectivity index (χ1n) is 6.55. The molecule has 0 aromatic carbocycles. The lowest BCUT2D eigenvalue weighted by atomic mass is 10.2. The molecule has 116 valence electrons. The predicted octanol–water partition coefficient (Wildman–Crippen LogP) is 1.45. The molecule has 0 spiro atoms. The lowest BCUT2D eigenvalue weighted by Crippen LogP contribution is -2.36. The zero-order valence-corrected chi connectivity index (χ0v) is 12.5. The molecular formula is C13H20N4O4. The molecule has 1 aromatic rings. The van der Waals surface area contributed by atoms with Crippen molar-refractivity contribution in [3.05, 3.63) is 12.1 Å². The summed E-state index contributed by atoms with van der Waals surface area (Å²) in [5.74, 6) is -0.958. The monoisotopic (exact) mass is 296 g/mol. The summed E-state index contributed by atoms with van der Waals surface area (Å²) in [4.78, 5) is 23.9. The fourth-order valence-corrected chi connectivity index (χ4v) is 1.47. The molecule has 0 fully saturated rings. The predicted molar refractivity (Wildman–Crippen MR) is 76.2 cm³/mol. The number of nitrogens with zero attached hydrogens (tertiary/aromatic N) is 3. The highest BCUT2D eigenvalue weighted by Gasteiger charge is 2.17. The van der Waals surface area contributed by atoms with Crippen molar-refractivity contribution in [2.75, 3.05) is 18.9 Å². The Morgan fingerprint density at radius 3 is 2.48 bits per heavy atom. The molecule has 1 atom stereocenters. The van der Waals surface area contributed by atoms with Crippen LogP contribution < -0.4 is 10.1 Å². The van der Waals surface area contributed by atoms with Crippen LogP contribution in [0.1, 0.15) is 20.8 Å². The number of carbonyl (C=O) groups excluding carboxylic acids is 1. The number of carbonyl (C=O) groups is 2. The minimum atomic E-state index is -0.954. The molecule has 0 aliphatic rings. The van der Waals surface area contributed by atoms with E-state index in [1.54, 1.807) is 12.1 Å². The van der Waals surface area contributed by atoms with Gasteiger partial charge in [-0.25, -0.2) is 4.79 Å². The molecule has 0 aliphatic carbocycles. The maximum Gasteiger partial charge on any atom is 0.322 e. The summed E-state index contributed by atoms with van der Waals surface area (Å²) in [6.45, 7) is 5.37. The van der Waals surface area contributed by atoms with E-state index in [0.717, 1.165) is 0 Å². The van der Waals surface area contributed by atoms with E-state index in [9.17, 15) is 9.59 Å². The van der Waals surface area contributed by atoms with Gasteiger partial charge in [0.2, 0.25) is 5.88 Å². The molecular weight excluding hydrogens is 276 g/mol. The van der Waals surface area contributed by atoms with E-state index < -0.39 is 17.9 Å². The summed E-state index contributed by atoms with van der Waals surface area (Å²) in [6.07, 6.45) is -0.0108. The van der Waals surface area contributed by atoms with Gasteiger partial charge in [-0.3, -0.25) is 10.1 Å². The lowest BCUT2D eigenvalue weighted by molar-refractivity contribution is -0.141. The number of ether oxygens (including phenoxy) is 1. The number of rotatable bonds is 6. The zero-order chi connectivity index (χ0) is 16.0. The van der Waals surface area contributed by atoms with Crippen LogP contribution in [0.3, 0.4) is 0 Å². The summed E-state index contributed by atoms with van der Waals surface area (Å²) >= 11 is 0. The first-order chi connectivity index (χ1) is 9.79. The van der Waals surface area contributed by atoms with Crippen molar-refractivity contribution in [3.63, 3.8) is 0 Å². The molecule has 21 heavy (non-hydrogen) atoms. The van der Waals surface area contributed by atoms with Crippen LogP contribution in [0.25, 0.3) is 0 Å². The zero-order valence-electron chi connectivity index (χ0n) is 12.5. The van der Waals surface area contributed by atoms with Gasteiger partial charge in [0.05, 0.1) is 12.0 Å². The smallest absolute Gasteiger partial charge is 0.322 e. The van der Waals surface area contributed by atoms with Crippen LogP contribution in [0.2, 0.25) is 0 Å². The van der Waals surface area contributed by atoms with Crippen LogP contribution in [0.4, 0.5) is 10.6 Å². The summed E-state index contributed by atoms with van der Waals surface area (Å²) < 4.78 is 5.34. The van der Waals surface area contributed by atoms with E-state index in [1.165, 1.54) is 18.9 Å². The van der Waals surface area contributed by atoms with E-state index in [1.807, 2.05) is 13.8 Å². The first kappa shape index (κ1) is 16.7. The Hall–Kier alpha value is -2.38. The average molecular weight is 296 g/mol. The van der Waals surface area contributed by atoms with Crippen molar-refractivity contribution in [3.8, 4) is 5.88 Å². The second kappa shape index (κ2) is 7.41. The van der Waals surface area contributed by atoms with Crippen molar-refractivity contribution in [1.82, 2.24) is 15.1 Å². The fourth-order valence-electron chi connectivity index (χ4n) is 1.47. The van der Waals surface area contributed by atoms with Crippen LogP contribution in [-0.2, 0) is 4.79 Å². The van der Waals surface area contributed by atoms with Gasteiger partial charge in [-0.2, -0.15) is 0 Å². The van der Waals surface area contributed by atoms with Gasteiger partial charge in [-0.05, 0) is 19.9 Å². The third kappa shape index (κ3) is 5.64. The van der Waals surface area contributed by atoms with Gasteiger partial charge >= 0.3 is 12.0 Å². The number of anilines is 1. The molecule has 0 bridgehead atoms. The Morgan fingerprint density at radius 1 is 1.33 bits per heavy atom. The highest BCUT2D eigenvalue weighted by Crippen LogP contribution is 2.10. The van der Waals surface area contributed by atoms with Crippen molar-refractivity contribution >= 4 is 17.8 Å². The molecule has 1 rings (SSSR count). The third-order valence-electron chi connectivity index (χ3n) is 2.55. The summed E-state index contributed by atoms with van der Waals surface area (Å²) in [5.41, 5.74) is 0. The van der Waals surface area contributed by atoms with Crippen LogP contribution >= 0.6 is 0 Å². The van der Waals surface area contributed by atoms with Crippen LogP contribution in [0.15, 0.2) is 12.1 Å². The van der Waals surface area contributed by atoms with Crippen molar-refractivity contribution in [1.29, 1.82) is 0 Å². The highest BCUT2D eigenvalue weighted by molar-refractivity contribution is 5.88. The maximum atomic E-state index is 11.9. The minimum Gasteiger partial charge on any atom is -0.481 e. The summed E-state index contributed by atoms with van der Waals surface area (Å²) in [7, 11) is 1.51. The number of urea groups is 1. The number of hydrogen-bond acceptors (Lipinski definition) is 5. The van der Waals surface area contributed by atoms with E-state index in [0.29, 0.717) is 5.88 Å². The van der Waals surface area contributed by atoms with E-state index in [2.05, 4.69) is 15.5 Å². The van der Waals surface area contributed by atoms with Gasteiger partial charge < -0.3 is 14.7 Å². The Balaban J connectivity index is 2.56. The number of carboxylic acid groups (broad SMARTS) is 1. The minimum absolute atomic E-state index is 0.0108. The number of aromatic nitrogens is 2. The molecule has 8 heteroatoms. The van der Waals surface area contributed by atoms with Gasteiger partial charge in [-0.1, -0.05) is 6.92 Å². The third-order valence-corrected chi connectivity index (χ3v) is 2.55. The van der Waals surface area contributed by atoms with Crippen molar-refractivity contribution in [2.24, 2.45) is 5.92 Å². The van der Waals surface area contributed by atoms with E-state index in [-0.39, 0.29) is 18.5 Å². The first-order valence-corrected chi connectivity index (χ1v) is 6.55. The Bertz CT molecular complexity index is 489. The van der Waals surface area contributed by atoms with Gasteiger partial charge in [0.25, 0.3) is 0 Å². The number of hydrogen-bond donors (Lipinski definition) is 2. The quantitative estimate of drug-likeness (QED) is 0.823. The largest absolute Gasteiger partial charge is 0.481 e. The molecule has 0 saturated heterocycles. The summed E-state index contributed by atoms with van der Waals surface area (Å²) in [5, 5.41) is 19.0. The number of aliphatic carboxylic acids is 1. The molecule has 8 nitrogen and oxygen atoms in total. The Morgan fingerprint density at radius 2 is 2.00 bits per heavy atom. The molecule has 0 aliphatic heterocycles. The molecule has 2 N–H and O–H groups in total.